The summed E-state index contributed by atoms with van der Waals surface area (Å²) in [5, 5.41) is 11.2. The van der Waals surface area contributed by atoms with Crippen molar-refractivity contribution in [1.82, 2.24) is 9.80 Å². The van der Waals surface area contributed by atoms with Crippen molar-refractivity contribution in [3.63, 3.8) is 0 Å². The minimum atomic E-state index is -0.652. The molecule has 0 bridgehead atoms. The first-order chi connectivity index (χ1) is 10.0. The van der Waals surface area contributed by atoms with Gasteiger partial charge in [-0.25, -0.2) is 0 Å². The molecule has 0 atom stereocenters. The van der Waals surface area contributed by atoms with E-state index in [4.69, 9.17) is 5.73 Å². The SMILES string of the molecule is CCN1CCN(Cc2ccc(C(N)=O)cc2[N+](=O)[O-])CC1. The average Bonchev–Trinajstić information content (AvgIpc) is 2.48. The molecule has 2 N–H and O–H groups in total. The van der Waals surface area contributed by atoms with Gasteiger partial charge in [0.15, 0.2) is 0 Å². The average molecular weight is 292 g/mol. The molecular weight excluding hydrogens is 272 g/mol. The second-order valence-electron chi connectivity index (χ2n) is 5.18. The first-order valence-corrected chi connectivity index (χ1v) is 7.03. The van der Waals surface area contributed by atoms with Gasteiger partial charge in [-0.1, -0.05) is 13.0 Å². The number of carbonyl (C=O) groups is 1. The number of nitrogens with zero attached hydrogens (tertiary/aromatic N) is 3. The lowest BCUT2D eigenvalue weighted by Gasteiger charge is -2.33. The molecular formula is C14H20N4O3. The van der Waals surface area contributed by atoms with Gasteiger partial charge in [-0.2, -0.15) is 0 Å². The minimum Gasteiger partial charge on any atom is -0.366 e. The molecule has 0 saturated carbocycles. The van der Waals surface area contributed by atoms with Crippen LogP contribution in [0, 0.1) is 10.1 Å². The Morgan fingerprint density at radius 1 is 1.29 bits per heavy atom. The number of nitro benzene ring substituents is 1. The van der Waals surface area contributed by atoms with Crippen LogP contribution in [0.3, 0.4) is 0 Å². The third kappa shape index (κ3) is 3.77. The van der Waals surface area contributed by atoms with E-state index in [-0.39, 0.29) is 11.3 Å². The van der Waals surface area contributed by atoms with Gasteiger partial charge in [0.1, 0.15) is 0 Å². The number of nitrogens with two attached hydrogens (primary N) is 1. The van der Waals surface area contributed by atoms with Crippen LogP contribution in [0.1, 0.15) is 22.8 Å². The first-order valence-electron chi connectivity index (χ1n) is 7.03. The molecule has 1 aliphatic heterocycles. The van der Waals surface area contributed by atoms with E-state index < -0.39 is 10.8 Å². The molecule has 21 heavy (non-hydrogen) atoms. The van der Waals surface area contributed by atoms with Crippen LogP contribution in [0.15, 0.2) is 18.2 Å². The van der Waals surface area contributed by atoms with E-state index in [2.05, 4.69) is 16.7 Å². The Kier molecular flexibility index (Phi) is 4.87. The molecule has 1 heterocycles. The molecule has 0 aliphatic carbocycles. The fourth-order valence-electron chi connectivity index (χ4n) is 2.53. The zero-order chi connectivity index (χ0) is 15.4. The molecule has 1 saturated heterocycles. The van der Waals surface area contributed by atoms with Crippen molar-refractivity contribution in [1.29, 1.82) is 0 Å². The van der Waals surface area contributed by atoms with Gasteiger partial charge < -0.3 is 10.6 Å². The normalized spacial score (nSPS) is 16.8. The maximum atomic E-state index is 11.2. The largest absolute Gasteiger partial charge is 0.366 e. The molecule has 1 aromatic rings. The van der Waals surface area contributed by atoms with Gasteiger partial charge in [0.2, 0.25) is 5.91 Å². The molecule has 0 unspecified atom stereocenters. The van der Waals surface area contributed by atoms with Gasteiger partial charge in [-0.15, -0.1) is 0 Å². The maximum Gasteiger partial charge on any atom is 0.274 e. The van der Waals surface area contributed by atoms with Gasteiger partial charge in [0, 0.05) is 49.9 Å². The molecule has 1 amide bonds. The maximum absolute atomic E-state index is 11.2. The monoisotopic (exact) mass is 292 g/mol. The van der Waals surface area contributed by atoms with Crippen molar-refractivity contribution in [2.24, 2.45) is 5.73 Å². The van der Waals surface area contributed by atoms with Crippen molar-refractivity contribution in [2.75, 3.05) is 32.7 Å². The molecule has 1 aliphatic rings. The van der Waals surface area contributed by atoms with Crippen LogP contribution in [0.5, 0.6) is 0 Å². The number of carbonyl (C=O) groups excluding carboxylic acids is 1. The van der Waals surface area contributed by atoms with Crippen molar-refractivity contribution >= 4 is 11.6 Å². The minimum absolute atomic E-state index is 0.0378. The lowest BCUT2D eigenvalue weighted by atomic mass is 10.1. The predicted octanol–water partition coefficient (Wildman–Crippen LogP) is 0.831. The van der Waals surface area contributed by atoms with E-state index in [9.17, 15) is 14.9 Å². The van der Waals surface area contributed by atoms with E-state index in [1.807, 2.05) is 0 Å². The van der Waals surface area contributed by atoms with Crippen LogP contribution in [-0.2, 0) is 6.54 Å². The van der Waals surface area contributed by atoms with E-state index in [0.29, 0.717) is 12.1 Å². The predicted molar refractivity (Wildman–Crippen MR) is 79.0 cm³/mol. The molecule has 2 rings (SSSR count). The van der Waals surface area contributed by atoms with E-state index in [1.54, 1.807) is 12.1 Å². The summed E-state index contributed by atoms with van der Waals surface area (Å²) in [6.07, 6.45) is 0. The third-order valence-corrected chi connectivity index (χ3v) is 3.87. The molecule has 1 fully saturated rings. The number of amides is 1. The summed E-state index contributed by atoms with van der Waals surface area (Å²) in [6, 6.07) is 4.44. The number of piperazine rings is 1. The second kappa shape index (κ2) is 6.64. The van der Waals surface area contributed by atoms with Gasteiger partial charge in [0.05, 0.1) is 4.92 Å². The van der Waals surface area contributed by atoms with E-state index in [1.165, 1.54) is 6.07 Å². The molecule has 114 valence electrons. The number of hydrogen-bond donors (Lipinski definition) is 1. The number of likely N-dealkylation sites (N-methyl/N-ethyl adjacent to an activating group) is 1. The van der Waals surface area contributed by atoms with Crippen LogP contribution in [0.4, 0.5) is 5.69 Å². The molecule has 7 heteroatoms. The third-order valence-electron chi connectivity index (χ3n) is 3.87. The molecule has 0 radical (unpaired) electrons. The van der Waals surface area contributed by atoms with Crippen LogP contribution in [0.25, 0.3) is 0 Å². The first kappa shape index (κ1) is 15.4. The zero-order valence-electron chi connectivity index (χ0n) is 12.1. The number of nitro groups is 1. The second-order valence-corrected chi connectivity index (χ2v) is 5.18. The Morgan fingerprint density at radius 3 is 2.43 bits per heavy atom. The summed E-state index contributed by atoms with van der Waals surface area (Å²) >= 11 is 0. The van der Waals surface area contributed by atoms with E-state index in [0.717, 1.165) is 32.7 Å². The fraction of sp³-hybridized carbons (Fsp3) is 0.500. The van der Waals surface area contributed by atoms with Crippen LogP contribution < -0.4 is 5.73 Å². The summed E-state index contributed by atoms with van der Waals surface area (Å²) in [5.74, 6) is -0.652. The van der Waals surface area contributed by atoms with E-state index >= 15 is 0 Å². The number of rotatable bonds is 5. The summed E-state index contributed by atoms with van der Waals surface area (Å²) in [4.78, 5) is 26.4. The fourth-order valence-corrected chi connectivity index (χ4v) is 2.53. The lowest BCUT2D eigenvalue weighted by molar-refractivity contribution is -0.385. The van der Waals surface area contributed by atoms with Crippen LogP contribution >= 0.6 is 0 Å². The molecule has 1 aromatic carbocycles. The topological polar surface area (TPSA) is 92.7 Å². The summed E-state index contributed by atoms with van der Waals surface area (Å²) in [5.41, 5.74) is 5.92. The van der Waals surface area contributed by atoms with Gasteiger partial charge >= 0.3 is 0 Å². The Balaban J connectivity index is 2.13. The lowest BCUT2D eigenvalue weighted by Crippen LogP contribution is -2.45. The van der Waals surface area contributed by atoms with Crippen LogP contribution in [-0.4, -0.2) is 53.4 Å². The molecule has 0 aromatic heterocycles. The highest BCUT2D eigenvalue weighted by molar-refractivity contribution is 5.93. The smallest absolute Gasteiger partial charge is 0.274 e. The van der Waals surface area contributed by atoms with Gasteiger partial charge in [-0.05, 0) is 12.6 Å². The van der Waals surface area contributed by atoms with Crippen LogP contribution in [0.2, 0.25) is 0 Å². The Morgan fingerprint density at radius 2 is 1.90 bits per heavy atom. The molecule has 7 nitrogen and oxygen atoms in total. The van der Waals surface area contributed by atoms with Gasteiger partial charge in [-0.3, -0.25) is 19.8 Å². The van der Waals surface area contributed by atoms with Crippen molar-refractivity contribution in [3.8, 4) is 0 Å². The highest BCUT2D eigenvalue weighted by Crippen LogP contribution is 2.22. The Hall–Kier alpha value is -1.99. The zero-order valence-corrected chi connectivity index (χ0v) is 12.1. The summed E-state index contributed by atoms with van der Waals surface area (Å²) < 4.78 is 0. The number of primary amides is 1. The number of benzene rings is 1. The van der Waals surface area contributed by atoms with Crippen molar-refractivity contribution in [2.45, 2.75) is 13.5 Å². The van der Waals surface area contributed by atoms with Crippen molar-refractivity contribution < 1.29 is 9.72 Å². The quantitative estimate of drug-likeness (QED) is 0.641. The summed E-state index contributed by atoms with van der Waals surface area (Å²) in [6.45, 7) is 7.41. The number of hydrogen-bond acceptors (Lipinski definition) is 5. The Bertz CT molecular complexity index is 539. The van der Waals surface area contributed by atoms with Crippen molar-refractivity contribution in [3.05, 3.63) is 39.4 Å². The molecule has 0 spiro atoms. The Labute approximate surface area is 123 Å². The van der Waals surface area contributed by atoms with Gasteiger partial charge in [0.25, 0.3) is 5.69 Å². The summed E-state index contributed by atoms with van der Waals surface area (Å²) in [7, 11) is 0. The highest BCUT2D eigenvalue weighted by atomic mass is 16.6. The highest BCUT2D eigenvalue weighted by Gasteiger charge is 2.21. The standard InChI is InChI=1S/C14H20N4O3/c1-2-16-5-7-17(8-6-16)10-12-4-3-11(14(15)19)9-13(12)18(20)21/h3-4,9H,2,5-8,10H2,1H3,(H2,15,19).